The standard InChI is InChI=1S/C19H18F3NO/c1-23(17-10-9-14-6-2-3-8-16(14)17)18(24)12-13-5-4-7-15(11-13)19(20,21)22/h2-8,11,17H,9-10,12H2,1H3/t17-/m1/s1. The number of rotatable bonds is 3. The highest BCUT2D eigenvalue weighted by atomic mass is 19.4. The Morgan fingerprint density at radius 2 is 1.92 bits per heavy atom. The number of hydrogen-bond donors (Lipinski definition) is 0. The summed E-state index contributed by atoms with van der Waals surface area (Å²) in [5.41, 5.74) is 2.04. The Kier molecular flexibility index (Phi) is 4.35. The van der Waals surface area contributed by atoms with Crippen molar-refractivity contribution in [3.05, 3.63) is 70.8 Å². The van der Waals surface area contributed by atoms with E-state index >= 15 is 0 Å². The first-order chi connectivity index (χ1) is 11.4. The first-order valence-corrected chi connectivity index (χ1v) is 7.86. The lowest BCUT2D eigenvalue weighted by molar-refractivity contribution is -0.138. The van der Waals surface area contributed by atoms with Crippen LogP contribution in [0.2, 0.25) is 0 Å². The third-order valence-corrected chi connectivity index (χ3v) is 4.57. The van der Waals surface area contributed by atoms with Crippen LogP contribution in [0.25, 0.3) is 0 Å². The summed E-state index contributed by atoms with van der Waals surface area (Å²) in [5, 5.41) is 0. The van der Waals surface area contributed by atoms with Gasteiger partial charge in [0, 0.05) is 7.05 Å². The molecule has 0 saturated carbocycles. The number of hydrogen-bond acceptors (Lipinski definition) is 1. The van der Waals surface area contributed by atoms with Crippen molar-refractivity contribution in [2.45, 2.75) is 31.5 Å². The van der Waals surface area contributed by atoms with Crippen molar-refractivity contribution < 1.29 is 18.0 Å². The molecule has 0 spiro atoms. The number of likely N-dealkylation sites (N-methyl/N-ethyl adjacent to an activating group) is 1. The van der Waals surface area contributed by atoms with Gasteiger partial charge in [-0.15, -0.1) is 0 Å². The summed E-state index contributed by atoms with van der Waals surface area (Å²) in [5.74, 6) is -0.170. The number of fused-ring (bicyclic) bond motifs is 1. The molecule has 2 aromatic rings. The zero-order valence-corrected chi connectivity index (χ0v) is 13.3. The predicted octanol–water partition coefficient (Wildman–Crippen LogP) is 4.39. The van der Waals surface area contributed by atoms with Crippen LogP contribution in [0.3, 0.4) is 0 Å². The van der Waals surface area contributed by atoms with Crippen molar-refractivity contribution in [3.8, 4) is 0 Å². The molecule has 0 saturated heterocycles. The quantitative estimate of drug-likeness (QED) is 0.815. The van der Waals surface area contributed by atoms with Crippen LogP contribution in [0.5, 0.6) is 0 Å². The largest absolute Gasteiger partial charge is 0.416 e. The van der Waals surface area contributed by atoms with Crippen LogP contribution in [0.4, 0.5) is 13.2 Å². The Hall–Kier alpha value is -2.30. The number of alkyl halides is 3. The zero-order valence-electron chi connectivity index (χ0n) is 13.3. The predicted molar refractivity (Wildman–Crippen MR) is 85.4 cm³/mol. The molecule has 126 valence electrons. The van der Waals surface area contributed by atoms with E-state index < -0.39 is 11.7 Å². The molecular weight excluding hydrogens is 315 g/mol. The van der Waals surface area contributed by atoms with Gasteiger partial charge >= 0.3 is 6.18 Å². The molecule has 0 bridgehead atoms. The molecule has 5 heteroatoms. The smallest absolute Gasteiger partial charge is 0.338 e. The molecule has 0 aromatic heterocycles. The normalized spacial score (nSPS) is 16.8. The molecule has 3 rings (SSSR count). The molecule has 24 heavy (non-hydrogen) atoms. The molecule has 0 fully saturated rings. The molecule has 0 aliphatic heterocycles. The van der Waals surface area contributed by atoms with E-state index in [1.54, 1.807) is 18.0 Å². The van der Waals surface area contributed by atoms with Gasteiger partial charge in [-0.3, -0.25) is 4.79 Å². The van der Waals surface area contributed by atoms with E-state index in [4.69, 9.17) is 0 Å². The zero-order chi connectivity index (χ0) is 17.3. The summed E-state index contributed by atoms with van der Waals surface area (Å²) in [6, 6.07) is 13.0. The van der Waals surface area contributed by atoms with Crippen molar-refractivity contribution in [2.24, 2.45) is 0 Å². The summed E-state index contributed by atoms with van der Waals surface area (Å²) < 4.78 is 38.3. The number of halogens is 3. The van der Waals surface area contributed by atoms with E-state index in [2.05, 4.69) is 6.07 Å². The number of carbonyl (C=O) groups is 1. The van der Waals surface area contributed by atoms with Crippen molar-refractivity contribution in [3.63, 3.8) is 0 Å². The van der Waals surface area contributed by atoms with E-state index in [0.717, 1.165) is 30.5 Å². The number of aryl methyl sites for hydroxylation is 1. The van der Waals surface area contributed by atoms with Gasteiger partial charge in [0.25, 0.3) is 0 Å². The lowest BCUT2D eigenvalue weighted by Crippen LogP contribution is -2.31. The van der Waals surface area contributed by atoms with E-state index in [1.807, 2.05) is 18.2 Å². The van der Waals surface area contributed by atoms with Crippen LogP contribution in [0.1, 0.15) is 34.7 Å². The van der Waals surface area contributed by atoms with Crippen LogP contribution in [0, 0.1) is 0 Å². The fraction of sp³-hybridized carbons (Fsp3) is 0.316. The number of benzene rings is 2. The van der Waals surface area contributed by atoms with Crippen LogP contribution < -0.4 is 0 Å². The van der Waals surface area contributed by atoms with Crippen molar-refractivity contribution in [1.82, 2.24) is 4.90 Å². The minimum Gasteiger partial charge on any atom is -0.338 e. The van der Waals surface area contributed by atoms with Crippen molar-refractivity contribution in [2.75, 3.05) is 7.05 Å². The SMILES string of the molecule is CN(C(=O)Cc1cccc(C(F)(F)F)c1)[C@@H]1CCc2ccccc21. The Labute approximate surface area is 138 Å². The lowest BCUT2D eigenvalue weighted by Gasteiger charge is -2.25. The van der Waals surface area contributed by atoms with Gasteiger partial charge < -0.3 is 4.90 Å². The van der Waals surface area contributed by atoms with Gasteiger partial charge in [0.05, 0.1) is 18.0 Å². The monoisotopic (exact) mass is 333 g/mol. The molecule has 0 radical (unpaired) electrons. The summed E-state index contributed by atoms with van der Waals surface area (Å²) in [7, 11) is 1.72. The first-order valence-electron chi connectivity index (χ1n) is 7.86. The van der Waals surface area contributed by atoms with E-state index in [0.29, 0.717) is 5.56 Å². The van der Waals surface area contributed by atoms with Gasteiger partial charge in [0.1, 0.15) is 0 Å². The fourth-order valence-electron chi connectivity index (χ4n) is 3.27. The molecular formula is C19H18F3NO. The second-order valence-electron chi connectivity index (χ2n) is 6.13. The first kappa shape index (κ1) is 16.6. The molecule has 1 atom stereocenters. The summed E-state index contributed by atoms with van der Waals surface area (Å²) >= 11 is 0. The number of nitrogens with zero attached hydrogens (tertiary/aromatic N) is 1. The summed E-state index contributed by atoms with van der Waals surface area (Å²) in [6.45, 7) is 0. The highest BCUT2D eigenvalue weighted by Gasteiger charge is 2.31. The van der Waals surface area contributed by atoms with Crippen LogP contribution in [-0.2, 0) is 23.8 Å². The third kappa shape index (κ3) is 3.30. The number of amides is 1. The van der Waals surface area contributed by atoms with Gasteiger partial charge in [0.15, 0.2) is 0 Å². The maximum Gasteiger partial charge on any atom is 0.416 e. The van der Waals surface area contributed by atoms with Crippen LogP contribution >= 0.6 is 0 Å². The topological polar surface area (TPSA) is 20.3 Å². The third-order valence-electron chi connectivity index (χ3n) is 4.57. The molecule has 2 nitrogen and oxygen atoms in total. The van der Waals surface area contributed by atoms with E-state index in [9.17, 15) is 18.0 Å². The second kappa shape index (κ2) is 6.30. The fourth-order valence-corrected chi connectivity index (χ4v) is 3.27. The van der Waals surface area contributed by atoms with Crippen LogP contribution in [0.15, 0.2) is 48.5 Å². The van der Waals surface area contributed by atoms with Crippen molar-refractivity contribution in [1.29, 1.82) is 0 Å². The highest BCUT2D eigenvalue weighted by molar-refractivity contribution is 5.79. The number of carbonyl (C=O) groups excluding carboxylic acids is 1. The van der Waals surface area contributed by atoms with Gasteiger partial charge in [-0.2, -0.15) is 13.2 Å². The van der Waals surface area contributed by atoms with Gasteiger partial charge in [-0.1, -0.05) is 42.5 Å². The van der Waals surface area contributed by atoms with E-state index in [-0.39, 0.29) is 18.4 Å². The van der Waals surface area contributed by atoms with Gasteiger partial charge in [-0.05, 0) is 35.6 Å². The average molecular weight is 333 g/mol. The minimum atomic E-state index is -4.39. The molecule has 1 amide bonds. The Morgan fingerprint density at radius 3 is 2.67 bits per heavy atom. The average Bonchev–Trinajstić information content (AvgIpc) is 2.97. The highest BCUT2D eigenvalue weighted by Crippen LogP contribution is 2.35. The van der Waals surface area contributed by atoms with Crippen LogP contribution in [-0.4, -0.2) is 17.9 Å². The van der Waals surface area contributed by atoms with Gasteiger partial charge in [-0.25, -0.2) is 0 Å². The molecule has 1 aliphatic rings. The Morgan fingerprint density at radius 1 is 1.17 bits per heavy atom. The Bertz CT molecular complexity index is 754. The lowest BCUT2D eigenvalue weighted by atomic mass is 10.0. The molecule has 1 aliphatic carbocycles. The molecule has 0 unspecified atom stereocenters. The molecule has 0 N–H and O–H groups in total. The summed E-state index contributed by atoms with van der Waals surface area (Å²) in [6.07, 6.45) is -2.65. The Balaban J connectivity index is 1.74. The minimum absolute atomic E-state index is 0.000464. The summed E-state index contributed by atoms with van der Waals surface area (Å²) in [4.78, 5) is 14.2. The van der Waals surface area contributed by atoms with Gasteiger partial charge in [0.2, 0.25) is 5.91 Å². The second-order valence-corrected chi connectivity index (χ2v) is 6.13. The van der Waals surface area contributed by atoms with Crippen molar-refractivity contribution >= 4 is 5.91 Å². The maximum absolute atomic E-state index is 12.8. The molecule has 0 heterocycles. The molecule has 2 aromatic carbocycles. The van der Waals surface area contributed by atoms with E-state index in [1.165, 1.54) is 11.6 Å². The maximum atomic E-state index is 12.8.